The van der Waals surface area contributed by atoms with Crippen LogP contribution in [0.2, 0.25) is 0 Å². The van der Waals surface area contributed by atoms with Crippen LogP contribution in [0.5, 0.6) is 0 Å². The number of nitrogens with zero attached hydrogens (tertiary/aromatic N) is 1. The van der Waals surface area contributed by atoms with Crippen LogP contribution in [0.4, 0.5) is 5.69 Å². The lowest BCUT2D eigenvalue weighted by Gasteiger charge is -2.30. The molecule has 0 saturated heterocycles. The van der Waals surface area contributed by atoms with Gasteiger partial charge in [-0.2, -0.15) is 0 Å². The molecule has 0 atom stereocenters. The maximum absolute atomic E-state index is 11.9. The van der Waals surface area contributed by atoms with Gasteiger partial charge in [0, 0.05) is 36.7 Å². The van der Waals surface area contributed by atoms with E-state index in [9.17, 15) is 4.79 Å². The Kier molecular flexibility index (Phi) is 4.19. The summed E-state index contributed by atoms with van der Waals surface area (Å²) < 4.78 is 0. The first kappa shape index (κ1) is 17.0. The lowest BCUT2D eigenvalue weighted by Crippen LogP contribution is -2.24. The molecule has 0 amide bonds. The SMILES string of the molecule is CN1C(=CCC=C2CC(=O)CC(C)(C)C2)C(C)(C)c2ccccc21. The van der Waals surface area contributed by atoms with Gasteiger partial charge in [-0.15, -0.1) is 0 Å². The summed E-state index contributed by atoms with van der Waals surface area (Å²) in [4.78, 5) is 14.3. The fourth-order valence-electron chi connectivity index (χ4n) is 4.44. The topological polar surface area (TPSA) is 20.3 Å². The second kappa shape index (κ2) is 5.91. The molecule has 0 bridgehead atoms. The quantitative estimate of drug-likeness (QED) is 0.680. The van der Waals surface area contributed by atoms with Crippen LogP contribution in [0.1, 0.15) is 58.9 Å². The van der Waals surface area contributed by atoms with E-state index in [4.69, 9.17) is 0 Å². The Labute approximate surface area is 146 Å². The van der Waals surface area contributed by atoms with Gasteiger partial charge in [-0.3, -0.25) is 4.79 Å². The van der Waals surface area contributed by atoms with Gasteiger partial charge in [0.15, 0.2) is 0 Å². The van der Waals surface area contributed by atoms with E-state index in [2.05, 4.69) is 76.1 Å². The number of carbonyl (C=O) groups is 1. The van der Waals surface area contributed by atoms with Crippen LogP contribution in [0.15, 0.2) is 47.7 Å². The Morgan fingerprint density at radius 3 is 2.46 bits per heavy atom. The number of rotatable bonds is 2. The predicted octanol–water partition coefficient (Wildman–Crippen LogP) is 5.39. The van der Waals surface area contributed by atoms with Crippen LogP contribution >= 0.6 is 0 Å². The zero-order chi connectivity index (χ0) is 17.5. The highest BCUT2D eigenvalue weighted by Gasteiger charge is 2.37. The largest absolute Gasteiger partial charge is 0.347 e. The number of hydrogen-bond donors (Lipinski definition) is 0. The smallest absolute Gasteiger partial charge is 0.137 e. The maximum Gasteiger partial charge on any atom is 0.137 e. The normalized spacial score (nSPS) is 25.4. The van der Waals surface area contributed by atoms with Crippen LogP contribution in [-0.4, -0.2) is 12.8 Å². The number of allylic oxidation sites excluding steroid dienone is 4. The summed E-state index contributed by atoms with van der Waals surface area (Å²) in [6.07, 6.45) is 7.91. The zero-order valence-corrected chi connectivity index (χ0v) is 15.6. The van der Waals surface area contributed by atoms with E-state index in [0.717, 1.165) is 19.3 Å². The van der Waals surface area contributed by atoms with Crippen molar-refractivity contribution in [2.24, 2.45) is 5.41 Å². The number of ketones is 1. The number of benzene rings is 1. The third kappa shape index (κ3) is 3.07. The molecule has 1 aromatic carbocycles. The average molecular weight is 323 g/mol. The molecule has 1 fully saturated rings. The van der Waals surface area contributed by atoms with Gasteiger partial charge in [-0.05, 0) is 29.9 Å². The van der Waals surface area contributed by atoms with Crippen molar-refractivity contribution in [2.45, 2.75) is 58.8 Å². The van der Waals surface area contributed by atoms with Crippen LogP contribution in [0.3, 0.4) is 0 Å². The Morgan fingerprint density at radius 1 is 1.08 bits per heavy atom. The second-order valence-electron chi connectivity index (χ2n) is 8.62. The van der Waals surface area contributed by atoms with Crippen LogP contribution in [0.25, 0.3) is 0 Å². The van der Waals surface area contributed by atoms with Gasteiger partial charge in [0.2, 0.25) is 0 Å². The van der Waals surface area contributed by atoms with Crippen molar-refractivity contribution < 1.29 is 4.79 Å². The summed E-state index contributed by atoms with van der Waals surface area (Å²) in [6.45, 7) is 8.98. The number of para-hydroxylation sites is 1. The number of likely N-dealkylation sites (N-methyl/N-ethyl adjacent to an activating group) is 1. The molecule has 1 aromatic rings. The van der Waals surface area contributed by atoms with Gasteiger partial charge in [0.05, 0.1) is 0 Å². The molecule has 128 valence electrons. The molecule has 0 aromatic heterocycles. The highest BCUT2D eigenvalue weighted by molar-refractivity contribution is 5.82. The van der Waals surface area contributed by atoms with Gasteiger partial charge < -0.3 is 4.90 Å². The summed E-state index contributed by atoms with van der Waals surface area (Å²) in [7, 11) is 2.15. The van der Waals surface area contributed by atoms with E-state index in [1.165, 1.54) is 22.5 Å². The fraction of sp³-hybridized carbons (Fsp3) is 0.500. The van der Waals surface area contributed by atoms with Gasteiger partial charge >= 0.3 is 0 Å². The molecule has 2 nitrogen and oxygen atoms in total. The van der Waals surface area contributed by atoms with Crippen LogP contribution in [-0.2, 0) is 10.2 Å². The molecule has 1 saturated carbocycles. The minimum atomic E-state index is 0.0332. The number of anilines is 1. The first-order valence-electron chi connectivity index (χ1n) is 8.94. The Hall–Kier alpha value is -1.83. The molecule has 1 heterocycles. The highest BCUT2D eigenvalue weighted by atomic mass is 16.1. The minimum absolute atomic E-state index is 0.0332. The van der Waals surface area contributed by atoms with Crippen molar-refractivity contribution in [1.29, 1.82) is 0 Å². The molecule has 1 aliphatic carbocycles. The molecule has 0 spiro atoms. The second-order valence-corrected chi connectivity index (χ2v) is 8.62. The van der Waals surface area contributed by atoms with Crippen molar-refractivity contribution in [3.05, 3.63) is 53.3 Å². The first-order chi connectivity index (χ1) is 11.2. The first-order valence-corrected chi connectivity index (χ1v) is 8.94. The minimum Gasteiger partial charge on any atom is -0.347 e. The Bertz CT molecular complexity index is 721. The number of Topliss-reactive ketones (excluding diaryl/α,β-unsaturated/α-hetero) is 1. The molecule has 0 radical (unpaired) electrons. The lowest BCUT2D eigenvalue weighted by atomic mass is 9.74. The summed E-state index contributed by atoms with van der Waals surface area (Å²) in [5.41, 5.74) is 5.50. The molecular weight excluding hydrogens is 294 g/mol. The third-order valence-electron chi connectivity index (χ3n) is 5.46. The van der Waals surface area contributed by atoms with Crippen molar-refractivity contribution in [2.75, 3.05) is 11.9 Å². The number of carbonyl (C=O) groups excluding carboxylic acids is 1. The van der Waals surface area contributed by atoms with Crippen molar-refractivity contribution in [1.82, 2.24) is 0 Å². The molecule has 0 unspecified atom stereocenters. The van der Waals surface area contributed by atoms with E-state index in [1.807, 2.05) is 0 Å². The van der Waals surface area contributed by atoms with Gasteiger partial charge in [-0.1, -0.05) is 63.6 Å². The summed E-state index contributed by atoms with van der Waals surface area (Å²) in [6, 6.07) is 8.65. The van der Waals surface area contributed by atoms with Crippen molar-refractivity contribution in [3.63, 3.8) is 0 Å². The van der Waals surface area contributed by atoms with Gasteiger partial charge in [0.25, 0.3) is 0 Å². The molecular formula is C22H29NO. The van der Waals surface area contributed by atoms with E-state index in [-0.39, 0.29) is 10.8 Å². The molecule has 2 aliphatic rings. The predicted molar refractivity (Wildman–Crippen MR) is 101 cm³/mol. The summed E-state index contributed by atoms with van der Waals surface area (Å²) >= 11 is 0. The third-order valence-corrected chi connectivity index (χ3v) is 5.46. The molecule has 0 N–H and O–H groups in total. The number of hydrogen-bond acceptors (Lipinski definition) is 2. The lowest BCUT2D eigenvalue weighted by molar-refractivity contribution is -0.121. The fourth-order valence-corrected chi connectivity index (χ4v) is 4.44. The van der Waals surface area contributed by atoms with Crippen LogP contribution < -0.4 is 4.90 Å². The van der Waals surface area contributed by atoms with E-state index >= 15 is 0 Å². The summed E-state index contributed by atoms with van der Waals surface area (Å²) in [5.74, 6) is 0.385. The molecule has 3 rings (SSSR count). The van der Waals surface area contributed by atoms with Crippen molar-refractivity contribution >= 4 is 11.5 Å². The van der Waals surface area contributed by atoms with Crippen molar-refractivity contribution in [3.8, 4) is 0 Å². The maximum atomic E-state index is 11.9. The molecule has 2 heteroatoms. The molecule has 1 aliphatic heterocycles. The van der Waals surface area contributed by atoms with E-state index in [1.54, 1.807) is 0 Å². The average Bonchev–Trinajstić information content (AvgIpc) is 2.66. The molecule has 24 heavy (non-hydrogen) atoms. The van der Waals surface area contributed by atoms with Gasteiger partial charge in [-0.25, -0.2) is 0 Å². The highest BCUT2D eigenvalue weighted by Crippen LogP contribution is 2.46. The van der Waals surface area contributed by atoms with E-state index in [0.29, 0.717) is 12.2 Å². The Morgan fingerprint density at radius 2 is 1.79 bits per heavy atom. The standard InChI is InChI=1S/C22H29NO/c1-21(2)14-16(13-17(24)15-21)9-8-12-20-22(3,4)18-10-6-7-11-19(18)23(20)5/h6-7,9-12H,8,13-15H2,1-5H3. The zero-order valence-electron chi connectivity index (χ0n) is 15.6. The Balaban J connectivity index is 1.81. The van der Waals surface area contributed by atoms with E-state index < -0.39 is 0 Å². The monoisotopic (exact) mass is 323 g/mol. The van der Waals surface area contributed by atoms with Crippen LogP contribution in [0, 0.1) is 5.41 Å². The summed E-state index contributed by atoms with van der Waals surface area (Å²) in [5, 5.41) is 0. The number of fused-ring (bicyclic) bond motifs is 1. The van der Waals surface area contributed by atoms with Gasteiger partial charge in [0.1, 0.15) is 5.78 Å².